The Labute approximate surface area is 104 Å². The second kappa shape index (κ2) is 5.52. The zero-order valence-corrected chi connectivity index (χ0v) is 10.7. The molecule has 1 aromatic rings. The minimum Gasteiger partial charge on any atom is -0.396 e. The molecule has 1 heterocycles. The Balaban J connectivity index is 2.21. The summed E-state index contributed by atoms with van der Waals surface area (Å²) in [6, 6.07) is 11.4. The van der Waals surface area contributed by atoms with Gasteiger partial charge in [0.05, 0.1) is 0 Å². The first-order valence-corrected chi connectivity index (χ1v) is 6.35. The lowest BCUT2D eigenvalue weighted by Crippen LogP contribution is -2.57. The topological polar surface area (TPSA) is 26.7 Å². The normalized spacial score (nSPS) is 26.2. The molecule has 2 atom stereocenters. The molecule has 94 valence electrons. The van der Waals surface area contributed by atoms with Crippen LogP contribution in [0.3, 0.4) is 0 Å². The molecule has 0 saturated carbocycles. The molecule has 2 unspecified atom stereocenters. The van der Waals surface area contributed by atoms with Crippen LogP contribution in [0.5, 0.6) is 0 Å². The van der Waals surface area contributed by atoms with Crippen LogP contribution < -0.4 is 4.90 Å². The number of nitrogens with zero attached hydrogens (tertiary/aromatic N) is 2. The van der Waals surface area contributed by atoms with Crippen molar-refractivity contribution in [2.24, 2.45) is 0 Å². The Bertz CT molecular complexity index is 341. The van der Waals surface area contributed by atoms with Gasteiger partial charge in [0.2, 0.25) is 0 Å². The summed E-state index contributed by atoms with van der Waals surface area (Å²) >= 11 is 0. The van der Waals surface area contributed by atoms with Gasteiger partial charge in [0.1, 0.15) is 0 Å². The van der Waals surface area contributed by atoms with E-state index in [1.807, 2.05) is 6.07 Å². The van der Waals surface area contributed by atoms with Crippen molar-refractivity contribution in [2.75, 3.05) is 31.6 Å². The quantitative estimate of drug-likeness (QED) is 0.860. The van der Waals surface area contributed by atoms with Crippen molar-refractivity contribution < 1.29 is 5.11 Å². The van der Waals surface area contributed by atoms with E-state index in [2.05, 4.69) is 48.0 Å². The summed E-state index contributed by atoms with van der Waals surface area (Å²) in [5.74, 6) is 0. The third-order valence-electron chi connectivity index (χ3n) is 3.48. The predicted molar refractivity (Wildman–Crippen MR) is 71.4 cm³/mol. The summed E-state index contributed by atoms with van der Waals surface area (Å²) in [6.07, 6.45) is 0.837. The molecule has 17 heavy (non-hydrogen) atoms. The maximum atomic E-state index is 9.21. The highest BCUT2D eigenvalue weighted by Gasteiger charge is 2.29. The van der Waals surface area contributed by atoms with Gasteiger partial charge in [-0.3, -0.25) is 0 Å². The SMILES string of the molecule is CC1CN(C)CC(CCO)N1c1ccccc1. The first-order chi connectivity index (χ1) is 8.22. The van der Waals surface area contributed by atoms with Crippen LogP contribution in [0.1, 0.15) is 13.3 Å². The highest BCUT2D eigenvalue weighted by molar-refractivity contribution is 5.48. The standard InChI is InChI=1S/C14H22N2O/c1-12-10-15(2)11-14(8-9-17)16(12)13-6-4-3-5-7-13/h3-7,12,14,17H,8-11H2,1-2H3. The average molecular weight is 234 g/mol. The summed E-state index contributed by atoms with van der Waals surface area (Å²) in [6.45, 7) is 4.62. The summed E-state index contributed by atoms with van der Waals surface area (Å²) in [4.78, 5) is 4.81. The second-order valence-corrected chi connectivity index (χ2v) is 4.98. The fourth-order valence-electron chi connectivity index (χ4n) is 2.87. The van der Waals surface area contributed by atoms with Crippen molar-refractivity contribution in [1.82, 2.24) is 4.90 Å². The van der Waals surface area contributed by atoms with Gasteiger partial charge in [-0.2, -0.15) is 0 Å². The molecule has 3 heteroatoms. The molecule has 1 N–H and O–H groups in total. The number of hydrogen-bond donors (Lipinski definition) is 1. The molecule has 3 nitrogen and oxygen atoms in total. The molecule has 1 aromatic carbocycles. The number of hydrogen-bond acceptors (Lipinski definition) is 3. The molecule has 0 aromatic heterocycles. The van der Waals surface area contributed by atoms with Crippen LogP contribution in [0.2, 0.25) is 0 Å². The van der Waals surface area contributed by atoms with Crippen molar-refractivity contribution >= 4 is 5.69 Å². The van der Waals surface area contributed by atoms with E-state index >= 15 is 0 Å². The summed E-state index contributed by atoms with van der Waals surface area (Å²) in [7, 11) is 2.16. The largest absolute Gasteiger partial charge is 0.396 e. The predicted octanol–water partition coefficient (Wildman–Crippen LogP) is 1.58. The minimum atomic E-state index is 0.258. The van der Waals surface area contributed by atoms with Crippen LogP contribution in [-0.2, 0) is 0 Å². The number of anilines is 1. The summed E-state index contributed by atoms with van der Waals surface area (Å²) < 4.78 is 0. The molecule has 1 aliphatic heterocycles. The first-order valence-electron chi connectivity index (χ1n) is 6.35. The Morgan fingerprint density at radius 2 is 1.94 bits per heavy atom. The first kappa shape index (κ1) is 12.4. The number of aliphatic hydroxyl groups excluding tert-OH is 1. The van der Waals surface area contributed by atoms with Crippen LogP contribution >= 0.6 is 0 Å². The zero-order chi connectivity index (χ0) is 12.3. The lowest BCUT2D eigenvalue weighted by Gasteiger charge is -2.46. The highest BCUT2D eigenvalue weighted by Crippen LogP contribution is 2.25. The summed E-state index contributed by atoms with van der Waals surface area (Å²) in [5, 5.41) is 9.21. The third-order valence-corrected chi connectivity index (χ3v) is 3.48. The molecule has 0 aliphatic carbocycles. The van der Waals surface area contributed by atoms with Gasteiger partial charge in [0, 0.05) is 37.5 Å². The second-order valence-electron chi connectivity index (χ2n) is 4.98. The molecule has 0 bridgehead atoms. The molecule has 0 radical (unpaired) electrons. The van der Waals surface area contributed by atoms with E-state index in [0.717, 1.165) is 19.5 Å². The van der Waals surface area contributed by atoms with Gasteiger partial charge in [-0.25, -0.2) is 0 Å². The lowest BCUT2D eigenvalue weighted by molar-refractivity contribution is 0.198. The Kier molecular flexibility index (Phi) is 4.02. The van der Waals surface area contributed by atoms with E-state index in [1.165, 1.54) is 5.69 Å². The molecule has 0 spiro atoms. The molecular formula is C14H22N2O. The third kappa shape index (κ3) is 2.79. The van der Waals surface area contributed by atoms with Gasteiger partial charge in [-0.15, -0.1) is 0 Å². The Morgan fingerprint density at radius 1 is 1.24 bits per heavy atom. The van der Waals surface area contributed by atoms with E-state index in [-0.39, 0.29) is 6.61 Å². The molecule has 1 fully saturated rings. The van der Waals surface area contributed by atoms with E-state index in [9.17, 15) is 5.11 Å². The smallest absolute Gasteiger partial charge is 0.0451 e. The number of para-hydroxylation sites is 1. The lowest BCUT2D eigenvalue weighted by atomic mass is 10.0. The number of rotatable bonds is 3. The van der Waals surface area contributed by atoms with Crippen LogP contribution in [-0.4, -0.2) is 48.8 Å². The van der Waals surface area contributed by atoms with Crippen LogP contribution in [0.15, 0.2) is 30.3 Å². The van der Waals surface area contributed by atoms with Crippen LogP contribution in [0, 0.1) is 0 Å². The molecule has 1 saturated heterocycles. The minimum absolute atomic E-state index is 0.258. The van der Waals surface area contributed by atoms with Gasteiger partial charge in [0.25, 0.3) is 0 Å². The van der Waals surface area contributed by atoms with Gasteiger partial charge < -0.3 is 14.9 Å². The van der Waals surface area contributed by atoms with E-state index in [1.54, 1.807) is 0 Å². The number of piperazine rings is 1. The van der Waals surface area contributed by atoms with Crippen molar-refractivity contribution in [3.63, 3.8) is 0 Å². The zero-order valence-electron chi connectivity index (χ0n) is 10.7. The number of aliphatic hydroxyl groups is 1. The van der Waals surface area contributed by atoms with Crippen molar-refractivity contribution in [1.29, 1.82) is 0 Å². The van der Waals surface area contributed by atoms with Crippen molar-refractivity contribution in [3.8, 4) is 0 Å². The van der Waals surface area contributed by atoms with Crippen LogP contribution in [0.25, 0.3) is 0 Å². The van der Waals surface area contributed by atoms with Gasteiger partial charge in [0.15, 0.2) is 0 Å². The fourth-order valence-corrected chi connectivity index (χ4v) is 2.87. The molecule has 0 amide bonds. The van der Waals surface area contributed by atoms with Gasteiger partial charge >= 0.3 is 0 Å². The van der Waals surface area contributed by atoms with E-state index < -0.39 is 0 Å². The maximum Gasteiger partial charge on any atom is 0.0451 e. The van der Waals surface area contributed by atoms with Crippen LogP contribution in [0.4, 0.5) is 5.69 Å². The fraction of sp³-hybridized carbons (Fsp3) is 0.571. The Morgan fingerprint density at radius 3 is 2.59 bits per heavy atom. The monoisotopic (exact) mass is 234 g/mol. The molecule has 1 aliphatic rings. The number of likely N-dealkylation sites (N-methyl/N-ethyl adjacent to an activating group) is 1. The van der Waals surface area contributed by atoms with Gasteiger partial charge in [-0.1, -0.05) is 18.2 Å². The molecule has 2 rings (SSSR count). The maximum absolute atomic E-state index is 9.21. The molecular weight excluding hydrogens is 212 g/mol. The Hall–Kier alpha value is -1.06. The van der Waals surface area contributed by atoms with E-state index in [4.69, 9.17) is 0 Å². The van der Waals surface area contributed by atoms with E-state index in [0.29, 0.717) is 12.1 Å². The summed E-state index contributed by atoms with van der Waals surface area (Å²) in [5.41, 5.74) is 1.27. The average Bonchev–Trinajstić information content (AvgIpc) is 2.30. The van der Waals surface area contributed by atoms with Crippen molar-refractivity contribution in [3.05, 3.63) is 30.3 Å². The highest BCUT2D eigenvalue weighted by atomic mass is 16.3. The van der Waals surface area contributed by atoms with Crippen molar-refractivity contribution in [2.45, 2.75) is 25.4 Å². The number of benzene rings is 1. The van der Waals surface area contributed by atoms with Gasteiger partial charge in [-0.05, 0) is 32.5 Å².